The molecule has 0 aliphatic carbocycles. The number of carbonyl (C=O) groups excluding carboxylic acids is 2. The molecule has 5 nitrogen and oxygen atoms in total. The third-order valence-electron chi connectivity index (χ3n) is 3.00. The zero-order chi connectivity index (χ0) is 17.5. The Balaban J connectivity index is 2.89. The maximum Gasteiger partial charge on any atom is 0.408 e. The van der Waals surface area contributed by atoms with Crippen LogP contribution in [0, 0.1) is 5.92 Å². The van der Waals surface area contributed by atoms with E-state index in [2.05, 4.69) is 5.32 Å². The topological polar surface area (TPSA) is 64.6 Å². The summed E-state index contributed by atoms with van der Waals surface area (Å²) in [5, 5.41) is 2.80. The van der Waals surface area contributed by atoms with Gasteiger partial charge in [0.05, 0.1) is 19.1 Å². The number of rotatable bonds is 5. The van der Waals surface area contributed by atoms with Crippen molar-refractivity contribution >= 4 is 12.1 Å². The second-order valence-electron chi connectivity index (χ2n) is 6.23. The van der Waals surface area contributed by atoms with E-state index in [9.17, 15) is 9.59 Å². The average Bonchev–Trinajstić information content (AvgIpc) is 2.49. The second kappa shape index (κ2) is 8.36. The molecule has 0 aliphatic heterocycles. The largest absolute Gasteiger partial charge is 0.469 e. The van der Waals surface area contributed by atoms with Crippen molar-refractivity contribution in [1.82, 2.24) is 5.32 Å². The van der Waals surface area contributed by atoms with Crippen LogP contribution >= 0.6 is 0 Å². The van der Waals surface area contributed by atoms with Crippen molar-refractivity contribution in [2.75, 3.05) is 7.11 Å². The van der Waals surface area contributed by atoms with Crippen LogP contribution in [-0.2, 0) is 14.3 Å². The van der Waals surface area contributed by atoms with Gasteiger partial charge in [-0.15, -0.1) is 0 Å². The number of methoxy groups -OCH3 is 1. The molecule has 0 spiro atoms. The van der Waals surface area contributed by atoms with Crippen molar-refractivity contribution in [2.24, 2.45) is 5.92 Å². The Morgan fingerprint density at radius 3 is 2.26 bits per heavy atom. The predicted octanol–water partition coefficient (Wildman–Crippen LogP) is 3.62. The van der Waals surface area contributed by atoms with Crippen molar-refractivity contribution in [1.29, 1.82) is 0 Å². The Hall–Kier alpha value is -2.30. The third kappa shape index (κ3) is 7.00. The number of hydrogen-bond donors (Lipinski definition) is 1. The number of alkyl carbamates (subject to hydrolysis) is 1. The molecule has 0 unspecified atom stereocenters. The van der Waals surface area contributed by atoms with E-state index in [-0.39, 0.29) is 5.97 Å². The van der Waals surface area contributed by atoms with Crippen LogP contribution < -0.4 is 5.32 Å². The molecule has 1 aromatic rings. The van der Waals surface area contributed by atoms with Crippen molar-refractivity contribution in [3.05, 3.63) is 48.0 Å². The lowest BCUT2D eigenvalue weighted by Gasteiger charge is -2.22. The van der Waals surface area contributed by atoms with Gasteiger partial charge in [0, 0.05) is 0 Å². The van der Waals surface area contributed by atoms with E-state index in [4.69, 9.17) is 9.47 Å². The number of esters is 1. The predicted molar refractivity (Wildman–Crippen MR) is 88.9 cm³/mol. The van der Waals surface area contributed by atoms with Crippen LogP contribution in [0.2, 0.25) is 0 Å². The maximum absolute atomic E-state index is 12.0. The van der Waals surface area contributed by atoms with E-state index in [0.29, 0.717) is 0 Å². The zero-order valence-electron chi connectivity index (χ0n) is 14.3. The number of ether oxygens (including phenoxy) is 2. The fraction of sp³-hybridized carbons (Fsp3) is 0.444. The van der Waals surface area contributed by atoms with Crippen LogP contribution in [0.4, 0.5) is 4.79 Å². The minimum absolute atomic E-state index is 0.328. The van der Waals surface area contributed by atoms with Gasteiger partial charge < -0.3 is 14.8 Å². The summed E-state index contributed by atoms with van der Waals surface area (Å²) in [7, 11) is 1.35. The molecule has 5 heteroatoms. The quantitative estimate of drug-likeness (QED) is 0.665. The molecule has 1 rings (SSSR count). The molecule has 1 aromatic carbocycles. The average molecular weight is 319 g/mol. The summed E-state index contributed by atoms with van der Waals surface area (Å²) in [5.74, 6) is -0.725. The van der Waals surface area contributed by atoms with Crippen LogP contribution in [-0.4, -0.2) is 24.8 Å². The minimum Gasteiger partial charge on any atom is -0.469 e. The molecule has 2 atom stereocenters. The lowest BCUT2D eigenvalue weighted by Crippen LogP contribution is -2.34. The summed E-state index contributed by atoms with van der Waals surface area (Å²) < 4.78 is 9.98. The van der Waals surface area contributed by atoms with Gasteiger partial charge in [0.1, 0.15) is 5.60 Å². The molecule has 0 saturated heterocycles. The van der Waals surface area contributed by atoms with Gasteiger partial charge >= 0.3 is 12.1 Å². The SMILES string of the molecule is COC(=O)[C@H](C)/C=C/[C@@H](NC(=O)OC(C)(C)C)c1ccccc1. The van der Waals surface area contributed by atoms with E-state index in [0.717, 1.165) is 5.56 Å². The van der Waals surface area contributed by atoms with Crippen molar-refractivity contribution in [3.8, 4) is 0 Å². The molecule has 23 heavy (non-hydrogen) atoms. The monoisotopic (exact) mass is 319 g/mol. The minimum atomic E-state index is -0.575. The standard InChI is InChI=1S/C18H25NO4/c1-13(16(20)22-5)11-12-15(14-9-7-6-8-10-14)19-17(21)23-18(2,3)4/h6-13,15H,1-5H3,(H,19,21)/b12-11+/t13-,15-/m1/s1. The molecule has 0 aliphatic rings. The normalized spacial score (nSPS) is 14.1. The number of hydrogen-bond acceptors (Lipinski definition) is 4. The molecule has 0 saturated carbocycles. The van der Waals surface area contributed by atoms with Crippen LogP contribution in [0.15, 0.2) is 42.5 Å². The van der Waals surface area contributed by atoms with Gasteiger partial charge in [0.15, 0.2) is 0 Å². The van der Waals surface area contributed by atoms with Gasteiger partial charge in [-0.2, -0.15) is 0 Å². The Morgan fingerprint density at radius 2 is 1.74 bits per heavy atom. The highest BCUT2D eigenvalue weighted by Crippen LogP contribution is 2.17. The van der Waals surface area contributed by atoms with Gasteiger partial charge in [-0.05, 0) is 33.3 Å². The Bertz CT molecular complexity index is 546. The summed E-state index contributed by atoms with van der Waals surface area (Å²) in [4.78, 5) is 23.5. The first-order valence-corrected chi connectivity index (χ1v) is 7.53. The highest BCUT2D eigenvalue weighted by atomic mass is 16.6. The number of nitrogens with one attached hydrogen (secondary N) is 1. The van der Waals surface area contributed by atoms with E-state index < -0.39 is 23.7 Å². The van der Waals surface area contributed by atoms with Crippen molar-refractivity contribution < 1.29 is 19.1 Å². The highest BCUT2D eigenvalue weighted by molar-refractivity contribution is 5.74. The fourth-order valence-electron chi connectivity index (χ4n) is 1.88. The van der Waals surface area contributed by atoms with Crippen molar-refractivity contribution in [3.63, 3.8) is 0 Å². The van der Waals surface area contributed by atoms with E-state index in [1.807, 2.05) is 30.3 Å². The van der Waals surface area contributed by atoms with Gasteiger partial charge in [-0.1, -0.05) is 42.5 Å². The van der Waals surface area contributed by atoms with E-state index in [1.54, 1.807) is 39.8 Å². The molecular weight excluding hydrogens is 294 g/mol. The van der Waals surface area contributed by atoms with E-state index >= 15 is 0 Å². The van der Waals surface area contributed by atoms with Crippen LogP contribution in [0.25, 0.3) is 0 Å². The molecule has 0 fully saturated rings. The summed E-state index contributed by atoms with van der Waals surface area (Å²) in [5.41, 5.74) is 0.320. The Kier molecular flexibility index (Phi) is 6.82. The first kappa shape index (κ1) is 18.7. The number of carbonyl (C=O) groups is 2. The molecule has 1 N–H and O–H groups in total. The summed E-state index contributed by atoms with van der Waals surface area (Å²) in [6.45, 7) is 7.15. The zero-order valence-corrected chi connectivity index (χ0v) is 14.3. The number of benzene rings is 1. The third-order valence-corrected chi connectivity index (χ3v) is 3.00. The lowest BCUT2D eigenvalue weighted by molar-refractivity contribution is -0.143. The van der Waals surface area contributed by atoms with Gasteiger partial charge in [0.2, 0.25) is 0 Å². The summed E-state index contributed by atoms with van der Waals surface area (Å²) in [6.07, 6.45) is 2.96. The summed E-state index contributed by atoms with van der Waals surface area (Å²) in [6, 6.07) is 9.07. The second-order valence-corrected chi connectivity index (χ2v) is 6.23. The van der Waals surface area contributed by atoms with Gasteiger partial charge in [-0.25, -0.2) is 4.79 Å². The van der Waals surface area contributed by atoms with E-state index in [1.165, 1.54) is 7.11 Å². The Labute approximate surface area is 137 Å². The first-order chi connectivity index (χ1) is 10.7. The Morgan fingerprint density at radius 1 is 1.13 bits per heavy atom. The molecular formula is C18H25NO4. The molecule has 126 valence electrons. The van der Waals surface area contributed by atoms with Crippen LogP contribution in [0.1, 0.15) is 39.3 Å². The molecule has 0 heterocycles. The van der Waals surface area contributed by atoms with Crippen LogP contribution in [0.3, 0.4) is 0 Å². The van der Waals surface area contributed by atoms with Crippen molar-refractivity contribution in [2.45, 2.75) is 39.3 Å². The van der Waals surface area contributed by atoms with Gasteiger partial charge in [-0.3, -0.25) is 4.79 Å². The smallest absolute Gasteiger partial charge is 0.408 e. The lowest BCUT2D eigenvalue weighted by atomic mass is 10.0. The highest BCUT2D eigenvalue weighted by Gasteiger charge is 2.19. The fourth-order valence-corrected chi connectivity index (χ4v) is 1.88. The maximum atomic E-state index is 12.0. The van der Waals surface area contributed by atoms with Gasteiger partial charge in [0.25, 0.3) is 0 Å². The molecule has 0 bridgehead atoms. The summed E-state index contributed by atoms with van der Waals surface area (Å²) >= 11 is 0. The molecule has 0 radical (unpaired) electrons. The molecule has 0 aromatic heterocycles. The van der Waals surface area contributed by atoms with Crippen LogP contribution in [0.5, 0.6) is 0 Å². The number of amides is 1. The molecule has 1 amide bonds. The first-order valence-electron chi connectivity index (χ1n) is 7.53.